The number of thiazole rings is 1. The summed E-state index contributed by atoms with van der Waals surface area (Å²) >= 11 is 1.61. The molecular formula is C17H13NO2S. The molecule has 1 atom stereocenters. The van der Waals surface area contributed by atoms with E-state index in [0.717, 1.165) is 27.8 Å². The van der Waals surface area contributed by atoms with Crippen LogP contribution in [-0.4, -0.2) is 11.6 Å². The maximum Gasteiger partial charge on any atom is 0.184 e. The first-order chi connectivity index (χ1) is 10.4. The molecule has 21 heavy (non-hydrogen) atoms. The molecule has 2 aromatic carbocycles. The van der Waals surface area contributed by atoms with Crippen molar-refractivity contribution in [3.63, 3.8) is 0 Å². The number of fused-ring (bicyclic) bond motifs is 1. The highest BCUT2D eigenvalue weighted by atomic mass is 32.1. The average molecular weight is 295 g/mol. The summed E-state index contributed by atoms with van der Waals surface area (Å²) in [6.45, 7) is 0.499. The lowest BCUT2D eigenvalue weighted by Crippen LogP contribution is -2.21. The fraction of sp³-hybridized carbons (Fsp3) is 0.118. The third-order valence-corrected chi connectivity index (χ3v) is 4.31. The number of hydrogen-bond donors (Lipinski definition) is 0. The molecule has 4 rings (SSSR count). The molecule has 104 valence electrons. The van der Waals surface area contributed by atoms with E-state index in [0.29, 0.717) is 6.61 Å². The maximum atomic E-state index is 5.99. The lowest BCUT2D eigenvalue weighted by Gasteiger charge is -2.24. The first-order valence-electron chi connectivity index (χ1n) is 6.79. The van der Waals surface area contributed by atoms with E-state index in [9.17, 15) is 0 Å². The molecule has 2 heterocycles. The van der Waals surface area contributed by atoms with Gasteiger partial charge in [-0.2, -0.15) is 0 Å². The van der Waals surface area contributed by atoms with E-state index in [-0.39, 0.29) is 6.10 Å². The van der Waals surface area contributed by atoms with Crippen LogP contribution in [0.1, 0.15) is 11.1 Å². The van der Waals surface area contributed by atoms with E-state index in [1.54, 1.807) is 11.3 Å². The predicted octanol–water partition coefficient (Wildman–Crippen LogP) is 4.32. The SMILES string of the molecule is c1ccc(-c2csc([C@H]3COc4ccccc4O3)n2)cc1. The molecule has 0 fully saturated rings. The van der Waals surface area contributed by atoms with Crippen molar-refractivity contribution in [3.05, 3.63) is 65.0 Å². The van der Waals surface area contributed by atoms with Crippen LogP contribution >= 0.6 is 11.3 Å². The van der Waals surface area contributed by atoms with Crippen LogP contribution in [-0.2, 0) is 0 Å². The number of aromatic nitrogens is 1. The van der Waals surface area contributed by atoms with Crippen LogP contribution in [0.2, 0.25) is 0 Å². The van der Waals surface area contributed by atoms with Gasteiger partial charge in [0.25, 0.3) is 0 Å². The third-order valence-electron chi connectivity index (χ3n) is 3.38. The van der Waals surface area contributed by atoms with E-state index < -0.39 is 0 Å². The smallest absolute Gasteiger partial charge is 0.184 e. The van der Waals surface area contributed by atoms with Crippen molar-refractivity contribution in [3.8, 4) is 22.8 Å². The minimum atomic E-state index is -0.137. The van der Waals surface area contributed by atoms with Gasteiger partial charge in [0, 0.05) is 10.9 Å². The summed E-state index contributed by atoms with van der Waals surface area (Å²) in [6.07, 6.45) is -0.137. The molecule has 0 N–H and O–H groups in total. The summed E-state index contributed by atoms with van der Waals surface area (Å²) in [6, 6.07) is 17.9. The normalized spacial score (nSPS) is 16.7. The second kappa shape index (κ2) is 5.22. The summed E-state index contributed by atoms with van der Waals surface area (Å²) in [7, 11) is 0. The van der Waals surface area contributed by atoms with Gasteiger partial charge in [-0.25, -0.2) is 4.98 Å². The van der Waals surface area contributed by atoms with Gasteiger partial charge in [0.15, 0.2) is 17.6 Å². The quantitative estimate of drug-likeness (QED) is 0.705. The molecule has 0 aliphatic carbocycles. The molecular weight excluding hydrogens is 282 g/mol. The Labute approximate surface area is 126 Å². The zero-order chi connectivity index (χ0) is 14.1. The van der Waals surface area contributed by atoms with Gasteiger partial charge in [-0.15, -0.1) is 11.3 Å². The van der Waals surface area contributed by atoms with Crippen LogP contribution in [0.25, 0.3) is 11.3 Å². The molecule has 4 heteroatoms. The molecule has 1 aliphatic heterocycles. The molecule has 0 saturated carbocycles. The number of rotatable bonds is 2. The van der Waals surface area contributed by atoms with Gasteiger partial charge >= 0.3 is 0 Å². The Morgan fingerprint density at radius 3 is 2.57 bits per heavy atom. The number of nitrogens with zero attached hydrogens (tertiary/aromatic N) is 1. The van der Waals surface area contributed by atoms with Crippen molar-refractivity contribution in [1.29, 1.82) is 0 Å². The van der Waals surface area contributed by atoms with Crippen molar-refractivity contribution in [2.45, 2.75) is 6.10 Å². The standard InChI is InChI=1S/C17H13NO2S/c1-2-6-12(7-3-1)13-11-21-17(18-13)16-10-19-14-8-4-5-9-15(14)20-16/h1-9,11,16H,10H2/t16-/m1/s1. The lowest BCUT2D eigenvalue weighted by molar-refractivity contribution is 0.0911. The Morgan fingerprint density at radius 1 is 0.952 bits per heavy atom. The van der Waals surface area contributed by atoms with E-state index in [1.807, 2.05) is 42.5 Å². The van der Waals surface area contributed by atoms with Crippen molar-refractivity contribution >= 4 is 11.3 Å². The predicted molar refractivity (Wildman–Crippen MR) is 82.9 cm³/mol. The first kappa shape index (κ1) is 12.4. The summed E-state index contributed by atoms with van der Waals surface area (Å²) < 4.78 is 11.7. The van der Waals surface area contributed by atoms with Crippen molar-refractivity contribution in [2.24, 2.45) is 0 Å². The molecule has 1 aromatic heterocycles. The monoisotopic (exact) mass is 295 g/mol. The summed E-state index contributed by atoms with van der Waals surface area (Å²) in [5.41, 5.74) is 2.11. The zero-order valence-corrected chi connectivity index (χ0v) is 12.0. The van der Waals surface area contributed by atoms with Gasteiger partial charge in [0.05, 0.1) is 5.69 Å². The molecule has 0 unspecified atom stereocenters. The summed E-state index contributed by atoms with van der Waals surface area (Å²) in [5.74, 6) is 1.58. The van der Waals surface area contributed by atoms with E-state index in [2.05, 4.69) is 17.5 Å². The van der Waals surface area contributed by atoms with E-state index in [4.69, 9.17) is 14.5 Å². The van der Waals surface area contributed by atoms with Crippen LogP contribution in [0.15, 0.2) is 60.0 Å². The zero-order valence-electron chi connectivity index (χ0n) is 11.2. The second-order valence-corrected chi connectivity index (χ2v) is 5.69. The van der Waals surface area contributed by atoms with E-state index >= 15 is 0 Å². The Morgan fingerprint density at radius 2 is 1.71 bits per heavy atom. The maximum absolute atomic E-state index is 5.99. The number of hydrogen-bond acceptors (Lipinski definition) is 4. The van der Waals surface area contributed by atoms with Crippen LogP contribution in [0, 0.1) is 0 Å². The van der Waals surface area contributed by atoms with Crippen molar-refractivity contribution < 1.29 is 9.47 Å². The molecule has 0 radical (unpaired) electrons. The minimum absolute atomic E-state index is 0.137. The highest BCUT2D eigenvalue weighted by Crippen LogP contribution is 2.37. The van der Waals surface area contributed by atoms with Crippen LogP contribution < -0.4 is 9.47 Å². The molecule has 0 saturated heterocycles. The van der Waals surface area contributed by atoms with Crippen LogP contribution in [0.3, 0.4) is 0 Å². The Balaban J connectivity index is 1.60. The highest BCUT2D eigenvalue weighted by Gasteiger charge is 2.25. The number of para-hydroxylation sites is 2. The van der Waals surface area contributed by atoms with Gasteiger partial charge in [-0.3, -0.25) is 0 Å². The molecule has 0 amide bonds. The summed E-state index contributed by atoms with van der Waals surface area (Å²) in [5, 5.41) is 3.01. The largest absolute Gasteiger partial charge is 0.485 e. The van der Waals surface area contributed by atoms with Crippen LogP contribution in [0.4, 0.5) is 0 Å². The second-order valence-electron chi connectivity index (χ2n) is 4.80. The summed E-state index contributed by atoms with van der Waals surface area (Å²) in [4.78, 5) is 4.69. The van der Waals surface area contributed by atoms with Gasteiger partial charge in [0.1, 0.15) is 11.6 Å². The fourth-order valence-corrected chi connectivity index (χ4v) is 3.16. The number of ether oxygens (including phenoxy) is 2. The minimum Gasteiger partial charge on any atom is -0.485 e. The highest BCUT2D eigenvalue weighted by molar-refractivity contribution is 7.10. The van der Waals surface area contributed by atoms with Gasteiger partial charge in [-0.1, -0.05) is 42.5 Å². The fourth-order valence-electron chi connectivity index (χ4n) is 2.32. The molecule has 3 aromatic rings. The Bertz CT molecular complexity index is 754. The van der Waals surface area contributed by atoms with E-state index in [1.165, 1.54) is 0 Å². The van der Waals surface area contributed by atoms with Crippen molar-refractivity contribution in [1.82, 2.24) is 4.98 Å². The number of benzene rings is 2. The molecule has 3 nitrogen and oxygen atoms in total. The van der Waals surface area contributed by atoms with Crippen LogP contribution in [0.5, 0.6) is 11.5 Å². The first-order valence-corrected chi connectivity index (χ1v) is 7.67. The van der Waals surface area contributed by atoms with Crippen molar-refractivity contribution in [2.75, 3.05) is 6.61 Å². The molecule has 0 spiro atoms. The van der Waals surface area contributed by atoms with Gasteiger partial charge in [0.2, 0.25) is 0 Å². The topological polar surface area (TPSA) is 31.4 Å². The molecule has 0 bridgehead atoms. The van der Waals surface area contributed by atoms with Gasteiger partial charge in [-0.05, 0) is 12.1 Å². The average Bonchev–Trinajstić information content (AvgIpc) is 3.05. The third kappa shape index (κ3) is 2.38. The Hall–Kier alpha value is -2.33. The Kier molecular flexibility index (Phi) is 3.09. The van der Waals surface area contributed by atoms with Gasteiger partial charge < -0.3 is 9.47 Å². The lowest BCUT2D eigenvalue weighted by atomic mass is 10.2. The molecule has 1 aliphatic rings.